The van der Waals surface area contributed by atoms with Crippen LogP contribution < -0.4 is 0 Å². The summed E-state index contributed by atoms with van der Waals surface area (Å²) in [5, 5.41) is 9.80. The molecule has 4 rings (SSSR count). The van der Waals surface area contributed by atoms with E-state index < -0.39 is 0 Å². The van der Waals surface area contributed by atoms with E-state index >= 15 is 0 Å². The number of thiophene rings is 1. The fraction of sp³-hybridized carbons (Fsp3) is 0.350. The molecule has 0 spiro atoms. The average Bonchev–Trinajstić information content (AvgIpc) is 3.35. The topological polar surface area (TPSA) is 53.0 Å². The van der Waals surface area contributed by atoms with Gasteiger partial charge in [-0.1, -0.05) is 12.1 Å². The van der Waals surface area contributed by atoms with Crippen LogP contribution in [0.5, 0.6) is 0 Å². The van der Waals surface area contributed by atoms with Crippen LogP contribution in [0.3, 0.4) is 0 Å². The first-order chi connectivity index (χ1) is 13.1. The van der Waals surface area contributed by atoms with E-state index in [4.69, 9.17) is 0 Å². The van der Waals surface area contributed by atoms with Crippen molar-refractivity contribution in [2.24, 2.45) is 5.10 Å². The van der Waals surface area contributed by atoms with E-state index in [1.807, 2.05) is 10.3 Å². The molecule has 2 aliphatic rings. The van der Waals surface area contributed by atoms with Crippen molar-refractivity contribution in [1.29, 1.82) is 0 Å². The van der Waals surface area contributed by atoms with Gasteiger partial charge in [0.2, 0.25) is 5.91 Å². The Balaban J connectivity index is 1.52. The zero-order valence-corrected chi connectivity index (χ0v) is 15.6. The van der Waals surface area contributed by atoms with Crippen molar-refractivity contribution in [2.45, 2.75) is 38.3 Å². The Labute approximate surface area is 161 Å². The summed E-state index contributed by atoms with van der Waals surface area (Å²) in [5.41, 5.74) is 2.37. The van der Waals surface area contributed by atoms with Gasteiger partial charge in [0.15, 0.2) is 0 Å². The number of amides is 2. The highest BCUT2D eigenvalue weighted by Gasteiger charge is 2.34. The fourth-order valence-electron chi connectivity index (χ4n) is 3.63. The molecule has 5 nitrogen and oxygen atoms in total. The molecule has 1 saturated heterocycles. The Hall–Kier alpha value is -2.54. The third-order valence-electron chi connectivity index (χ3n) is 5.04. The maximum atomic E-state index is 13.1. The summed E-state index contributed by atoms with van der Waals surface area (Å²) in [5.74, 6) is -0.524. The minimum atomic E-state index is -0.323. The number of halogens is 1. The number of hydrogen-bond acceptors (Lipinski definition) is 4. The Morgan fingerprint density at radius 2 is 2.04 bits per heavy atom. The third-order valence-corrected chi connectivity index (χ3v) is 5.74. The summed E-state index contributed by atoms with van der Waals surface area (Å²) in [6, 6.07) is 8.12. The normalized spacial score (nSPS) is 20.1. The molecule has 1 fully saturated rings. The van der Waals surface area contributed by atoms with E-state index in [2.05, 4.69) is 16.5 Å². The first-order valence-electron chi connectivity index (χ1n) is 9.07. The summed E-state index contributed by atoms with van der Waals surface area (Å²) < 4.78 is 13.1. The second kappa shape index (κ2) is 7.60. The molecule has 2 aliphatic heterocycles. The molecule has 0 aliphatic carbocycles. The lowest BCUT2D eigenvalue weighted by atomic mass is 10.1. The molecule has 1 aromatic carbocycles. The van der Waals surface area contributed by atoms with E-state index in [1.54, 1.807) is 23.5 Å². The highest BCUT2D eigenvalue weighted by Crippen LogP contribution is 2.33. The zero-order chi connectivity index (χ0) is 18.8. The van der Waals surface area contributed by atoms with Crippen LogP contribution in [0.1, 0.15) is 42.9 Å². The predicted octanol–water partition coefficient (Wildman–Crippen LogP) is 3.73. The van der Waals surface area contributed by atoms with E-state index in [0.29, 0.717) is 18.7 Å². The van der Waals surface area contributed by atoms with Gasteiger partial charge < -0.3 is 4.90 Å². The van der Waals surface area contributed by atoms with Gasteiger partial charge in [-0.2, -0.15) is 16.4 Å². The molecule has 0 N–H and O–H groups in total. The molecule has 2 amide bonds. The molecule has 0 radical (unpaired) electrons. The van der Waals surface area contributed by atoms with Crippen LogP contribution in [0.2, 0.25) is 0 Å². The quantitative estimate of drug-likeness (QED) is 0.805. The first-order valence-corrected chi connectivity index (χ1v) is 10.0. The highest BCUT2D eigenvalue weighted by molar-refractivity contribution is 7.08. The van der Waals surface area contributed by atoms with Crippen LogP contribution in [0.15, 0.2) is 46.2 Å². The number of carbonyl (C=O) groups is 2. The number of hydrazone groups is 1. The Morgan fingerprint density at radius 3 is 2.78 bits per heavy atom. The molecular formula is C20H20FN3O2S. The molecule has 0 saturated carbocycles. The van der Waals surface area contributed by atoms with Gasteiger partial charge in [0.1, 0.15) is 11.5 Å². The molecule has 2 aromatic rings. The number of benzene rings is 1. The van der Waals surface area contributed by atoms with Crippen molar-refractivity contribution in [2.75, 3.05) is 6.54 Å². The minimum absolute atomic E-state index is 0.0830. The van der Waals surface area contributed by atoms with Crippen LogP contribution in [-0.2, 0) is 16.1 Å². The summed E-state index contributed by atoms with van der Waals surface area (Å²) in [6.07, 6.45) is 2.55. The Bertz CT molecular complexity index is 864. The molecule has 140 valence electrons. The van der Waals surface area contributed by atoms with Gasteiger partial charge in [-0.05, 0) is 52.9 Å². The van der Waals surface area contributed by atoms with E-state index in [0.717, 1.165) is 18.4 Å². The monoisotopic (exact) mass is 385 g/mol. The largest absolute Gasteiger partial charge is 0.330 e. The number of carbonyl (C=O) groups excluding carboxylic acids is 2. The van der Waals surface area contributed by atoms with Gasteiger partial charge in [-0.3, -0.25) is 9.59 Å². The van der Waals surface area contributed by atoms with Crippen molar-refractivity contribution in [3.8, 4) is 0 Å². The van der Waals surface area contributed by atoms with E-state index in [-0.39, 0.29) is 36.6 Å². The second-order valence-corrected chi connectivity index (χ2v) is 7.62. The number of nitrogens with zero attached hydrogens (tertiary/aromatic N) is 3. The van der Waals surface area contributed by atoms with Gasteiger partial charge in [0, 0.05) is 19.4 Å². The fourth-order valence-corrected chi connectivity index (χ4v) is 4.34. The maximum absolute atomic E-state index is 13.1. The molecule has 3 heterocycles. The number of rotatable bonds is 4. The summed E-state index contributed by atoms with van der Waals surface area (Å²) in [6.45, 7) is 0.953. The average molecular weight is 385 g/mol. The lowest BCUT2D eigenvalue weighted by Gasteiger charge is -2.28. The summed E-state index contributed by atoms with van der Waals surface area (Å²) in [7, 11) is 0. The van der Waals surface area contributed by atoms with Crippen LogP contribution in [0.25, 0.3) is 0 Å². The van der Waals surface area contributed by atoms with Crippen molar-refractivity contribution >= 4 is 28.9 Å². The van der Waals surface area contributed by atoms with Gasteiger partial charge in [0.25, 0.3) is 5.91 Å². The zero-order valence-electron chi connectivity index (χ0n) is 14.8. The predicted molar refractivity (Wildman–Crippen MR) is 102 cm³/mol. The summed E-state index contributed by atoms with van der Waals surface area (Å²) in [4.78, 5) is 27.2. The Morgan fingerprint density at radius 1 is 1.22 bits per heavy atom. The summed E-state index contributed by atoms with van der Waals surface area (Å²) >= 11 is 1.63. The molecule has 1 atom stereocenters. The van der Waals surface area contributed by atoms with Crippen molar-refractivity contribution in [1.82, 2.24) is 9.91 Å². The van der Waals surface area contributed by atoms with Crippen LogP contribution in [-0.4, -0.2) is 34.0 Å². The molecule has 1 aromatic heterocycles. The standard InChI is InChI=1S/C20H20FN3O2S/c21-16-5-3-14(4-6-16)12-24-19(25)8-7-17(22-24)20(26)23-10-1-2-18(23)15-9-11-27-13-15/h3-6,9,11,13,18H,1-2,7-8,10,12H2. The molecule has 1 unspecified atom stereocenters. The van der Waals surface area contributed by atoms with E-state index in [9.17, 15) is 14.0 Å². The van der Waals surface area contributed by atoms with E-state index in [1.165, 1.54) is 22.7 Å². The Kier molecular flexibility index (Phi) is 5.03. The molecule has 27 heavy (non-hydrogen) atoms. The lowest BCUT2D eigenvalue weighted by Crippen LogP contribution is -2.41. The van der Waals surface area contributed by atoms with Crippen LogP contribution >= 0.6 is 11.3 Å². The van der Waals surface area contributed by atoms with Gasteiger partial charge in [0.05, 0.1) is 12.6 Å². The SMILES string of the molecule is O=C1CCC(C(=O)N2CCCC2c2ccsc2)=NN1Cc1ccc(F)cc1. The van der Waals surface area contributed by atoms with Gasteiger partial charge in [-0.25, -0.2) is 9.40 Å². The smallest absolute Gasteiger partial charge is 0.270 e. The number of likely N-dealkylation sites (tertiary alicyclic amines) is 1. The van der Waals surface area contributed by atoms with Gasteiger partial charge >= 0.3 is 0 Å². The second-order valence-electron chi connectivity index (χ2n) is 6.84. The molecular weight excluding hydrogens is 365 g/mol. The van der Waals surface area contributed by atoms with Crippen molar-refractivity contribution in [3.63, 3.8) is 0 Å². The van der Waals surface area contributed by atoms with Gasteiger partial charge in [-0.15, -0.1) is 0 Å². The minimum Gasteiger partial charge on any atom is -0.330 e. The molecule has 7 heteroatoms. The van der Waals surface area contributed by atoms with Crippen LogP contribution in [0.4, 0.5) is 4.39 Å². The number of hydrogen-bond donors (Lipinski definition) is 0. The molecule has 0 bridgehead atoms. The lowest BCUT2D eigenvalue weighted by molar-refractivity contribution is -0.132. The van der Waals surface area contributed by atoms with Crippen molar-refractivity contribution in [3.05, 3.63) is 58.0 Å². The van der Waals surface area contributed by atoms with Crippen molar-refractivity contribution < 1.29 is 14.0 Å². The van der Waals surface area contributed by atoms with Crippen LogP contribution in [0, 0.1) is 5.82 Å². The highest BCUT2D eigenvalue weighted by atomic mass is 32.1. The maximum Gasteiger partial charge on any atom is 0.270 e. The third kappa shape index (κ3) is 3.78. The first kappa shape index (κ1) is 17.9.